The Bertz CT molecular complexity index is 1300. The Hall–Kier alpha value is -3.29. The highest BCUT2D eigenvalue weighted by molar-refractivity contribution is 7.09. The fourth-order valence-electron chi connectivity index (χ4n) is 4.41. The molecule has 3 aromatic heterocycles. The first kappa shape index (κ1) is 22.5. The number of benzene rings is 1. The Morgan fingerprint density at radius 1 is 1.12 bits per heavy atom. The Balaban J connectivity index is 1.46. The quantitative estimate of drug-likeness (QED) is 0.383. The van der Waals surface area contributed by atoms with Crippen LogP contribution in [0.15, 0.2) is 76.7 Å². The first-order chi connectivity index (χ1) is 16.5. The smallest absolute Gasteiger partial charge is 0.271 e. The third-order valence-electron chi connectivity index (χ3n) is 6.30. The number of rotatable bonds is 7. The number of amides is 2. The summed E-state index contributed by atoms with van der Waals surface area (Å²) >= 11 is 7.63. The summed E-state index contributed by atoms with van der Waals surface area (Å²) in [7, 11) is 0. The van der Waals surface area contributed by atoms with E-state index >= 15 is 0 Å². The molecular weight excluding hydrogens is 470 g/mol. The lowest BCUT2D eigenvalue weighted by molar-refractivity contribution is -0.133. The van der Waals surface area contributed by atoms with Crippen molar-refractivity contribution < 1.29 is 14.0 Å². The third kappa shape index (κ3) is 4.17. The van der Waals surface area contributed by atoms with E-state index in [-0.39, 0.29) is 11.8 Å². The van der Waals surface area contributed by atoms with Crippen molar-refractivity contribution in [3.05, 3.63) is 93.5 Å². The molecule has 1 aliphatic rings. The van der Waals surface area contributed by atoms with Crippen molar-refractivity contribution in [3.8, 4) is 11.5 Å². The second-order valence-corrected chi connectivity index (χ2v) is 10.0. The number of hydrogen-bond donors (Lipinski definition) is 1. The number of nitrogens with one attached hydrogen (secondary N) is 1. The van der Waals surface area contributed by atoms with Gasteiger partial charge in [-0.05, 0) is 66.8 Å². The van der Waals surface area contributed by atoms with Crippen LogP contribution < -0.4 is 5.32 Å². The van der Waals surface area contributed by atoms with E-state index < -0.39 is 5.54 Å². The lowest BCUT2D eigenvalue weighted by Gasteiger charge is -2.44. The average Bonchev–Trinajstić information content (AvgIpc) is 3.60. The molecule has 5 rings (SSSR count). The maximum atomic E-state index is 13.7. The zero-order valence-electron chi connectivity index (χ0n) is 18.7. The molecule has 4 heterocycles. The van der Waals surface area contributed by atoms with Gasteiger partial charge in [0.2, 0.25) is 5.91 Å². The minimum Gasteiger partial charge on any atom is -0.463 e. The Labute approximate surface area is 206 Å². The number of thiophene rings is 1. The standard InChI is InChI=1S/C26H24ClN3O3S/c1-26(25(32)28-16-18-6-8-19(27)9-7-18)17-29-21(23-5-2-14-33-23)10-11-22(29)24(31)30(26)13-12-20-4-3-15-34-20/h2-11,14-15H,12-13,16-17H2,1H3,(H,28,32). The summed E-state index contributed by atoms with van der Waals surface area (Å²) in [6.45, 7) is 2.97. The van der Waals surface area contributed by atoms with Gasteiger partial charge in [0.1, 0.15) is 17.0 Å². The van der Waals surface area contributed by atoms with Gasteiger partial charge in [0, 0.05) is 23.0 Å². The number of carbonyl (C=O) groups is 2. The lowest BCUT2D eigenvalue weighted by Crippen LogP contribution is -2.64. The Kier molecular flexibility index (Phi) is 6.06. The molecule has 0 radical (unpaired) electrons. The average molecular weight is 494 g/mol. The Morgan fingerprint density at radius 2 is 1.91 bits per heavy atom. The van der Waals surface area contributed by atoms with Crippen LogP contribution in [0.5, 0.6) is 0 Å². The van der Waals surface area contributed by atoms with Crippen LogP contribution in [0.3, 0.4) is 0 Å². The number of fused-ring (bicyclic) bond motifs is 1. The minimum atomic E-state index is -1.08. The SMILES string of the molecule is CC1(C(=O)NCc2ccc(Cl)cc2)Cn2c(ccc2-c2ccco2)C(=O)N1CCc1cccs1. The van der Waals surface area contributed by atoms with Gasteiger partial charge >= 0.3 is 0 Å². The lowest BCUT2D eigenvalue weighted by atomic mass is 9.94. The molecule has 1 N–H and O–H groups in total. The van der Waals surface area contributed by atoms with Crippen molar-refractivity contribution in [3.63, 3.8) is 0 Å². The predicted octanol–water partition coefficient (Wildman–Crippen LogP) is 5.24. The van der Waals surface area contributed by atoms with Crippen LogP contribution in [0.4, 0.5) is 0 Å². The van der Waals surface area contributed by atoms with Crippen molar-refractivity contribution in [2.75, 3.05) is 6.54 Å². The number of nitrogens with zero attached hydrogens (tertiary/aromatic N) is 2. The highest BCUT2D eigenvalue weighted by Gasteiger charge is 2.47. The fourth-order valence-corrected chi connectivity index (χ4v) is 5.24. The van der Waals surface area contributed by atoms with Crippen LogP contribution in [0.1, 0.15) is 27.9 Å². The van der Waals surface area contributed by atoms with E-state index in [2.05, 4.69) is 11.4 Å². The number of halogens is 1. The molecule has 1 aromatic carbocycles. The first-order valence-electron chi connectivity index (χ1n) is 11.1. The summed E-state index contributed by atoms with van der Waals surface area (Å²) in [5.74, 6) is 0.298. The van der Waals surface area contributed by atoms with Crippen LogP contribution in [0.2, 0.25) is 5.02 Å². The van der Waals surface area contributed by atoms with Gasteiger partial charge in [-0.3, -0.25) is 9.59 Å². The van der Waals surface area contributed by atoms with Gasteiger partial charge in [-0.25, -0.2) is 0 Å². The van der Waals surface area contributed by atoms with Crippen molar-refractivity contribution in [2.24, 2.45) is 0 Å². The molecule has 34 heavy (non-hydrogen) atoms. The molecule has 0 saturated heterocycles. The molecule has 1 atom stereocenters. The zero-order valence-corrected chi connectivity index (χ0v) is 20.2. The van der Waals surface area contributed by atoms with Crippen LogP contribution in [-0.2, 0) is 24.3 Å². The van der Waals surface area contributed by atoms with Gasteiger partial charge in [-0.1, -0.05) is 29.8 Å². The molecule has 8 heteroatoms. The molecule has 1 aliphatic heterocycles. The number of aromatic nitrogens is 1. The molecule has 0 spiro atoms. The first-order valence-corrected chi connectivity index (χ1v) is 12.3. The van der Waals surface area contributed by atoms with E-state index in [0.717, 1.165) is 11.3 Å². The van der Waals surface area contributed by atoms with Crippen LogP contribution >= 0.6 is 22.9 Å². The maximum Gasteiger partial charge on any atom is 0.271 e. The van der Waals surface area contributed by atoms with Crippen molar-refractivity contribution in [1.29, 1.82) is 0 Å². The highest BCUT2D eigenvalue weighted by atomic mass is 35.5. The van der Waals surface area contributed by atoms with Gasteiger partial charge in [-0.2, -0.15) is 0 Å². The summed E-state index contributed by atoms with van der Waals surface area (Å²) in [6, 6.07) is 18.7. The molecule has 4 aromatic rings. The van der Waals surface area contributed by atoms with Crippen LogP contribution in [0.25, 0.3) is 11.5 Å². The minimum absolute atomic E-state index is 0.162. The van der Waals surface area contributed by atoms with Gasteiger partial charge in [0.15, 0.2) is 0 Å². The normalized spacial score (nSPS) is 17.6. The van der Waals surface area contributed by atoms with E-state index in [9.17, 15) is 9.59 Å². The van der Waals surface area contributed by atoms with Crippen molar-refractivity contribution in [1.82, 2.24) is 14.8 Å². The van der Waals surface area contributed by atoms with E-state index in [1.807, 2.05) is 59.3 Å². The number of furan rings is 1. The van der Waals surface area contributed by atoms with E-state index in [1.54, 1.807) is 34.6 Å². The number of carbonyl (C=O) groups excluding carboxylic acids is 2. The summed E-state index contributed by atoms with van der Waals surface area (Å²) < 4.78 is 7.48. The topological polar surface area (TPSA) is 67.5 Å². The molecule has 0 aliphatic carbocycles. The van der Waals surface area contributed by atoms with E-state index in [1.165, 1.54) is 4.88 Å². The van der Waals surface area contributed by atoms with Crippen LogP contribution in [0, 0.1) is 0 Å². The second kappa shape index (κ2) is 9.16. The monoisotopic (exact) mass is 493 g/mol. The zero-order chi connectivity index (χ0) is 23.7. The molecule has 2 amide bonds. The predicted molar refractivity (Wildman–Crippen MR) is 133 cm³/mol. The largest absolute Gasteiger partial charge is 0.463 e. The highest BCUT2D eigenvalue weighted by Crippen LogP contribution is 2.33. The summed E-state index contributed by atoms with van der Waals surface area (Å²) in [5, 5.41) is 5.70. The number of hydrogen-bond acceptors (Lipinski definition) is 4. The second-order valence-electron chi connectivity index (χ2n) is 8.54. The molecule has 0 saturated carbocycles. The summed E-state index contributed by atoms with van der Waals surface area (Å²) in [4.78, 5) is 30.2. The molecule has 174 valence electrons. The van der Waals surface area contributed by atoms with E-state index in [4.69, 9.17) is 16.0 Å². The summed E-state index contributed by atoms with van der Waals surface area (Å²) in [5.41, 5.74) is 1.20. The maximum absolute atomic E-state index is 13.7. The summed E-state index contributed by atoms with van der Waals surface area (Å²) in [6.07, 6.45) is 2.29. The van der Waals surface area contributed by atoms with Crippen LogP contribution in [-0.4, -0.2) is 33.4 Å². The third-order valence-corrected chi connectivity index (χ3v) is 7.49. The Morgan fingerprint density at radius 3 is 2.62 bits per heavy atom. The fraction of sp³-hybridized carbons (Fsp3) is 0.231. The molecule has 6 nitrogen and oxygen atoms in total. The van der Waals surface area contributed by atoms with Gasteiger partial charge < -0.3 is 19.2 Å². The van der Waals surface area contributed by atoms with Gasteiger partial charge in [0.05, 0.1) is 18.5 Å². The van der Waals surface area contributed by atoms with Gasteiger partial charge in [-0.15, -0.1) is 11.3 Å². The molecular formula is C26H24ClN3O3S. The van der Waals surface area contributed by atoms with E-state index in [0.29, 0.717) is 42.5 Å². The van der Waals surface area contributed by atoms with Crippen molar-refractivity contribution >= 4 is 34.8 Å². The van der Waals surface area contributed by atoms with Crippen molar-refractivity contribution in [2.45, 2.75) is 32.0 Å². The molecule has 1 unspecified atom stereocenters. The molecule has 0 fully saturated rings. The molecule has 0 bridgehead atoms. The van der Waals surface area contributed by atoms with Gasteiger partial charge in [0.25, 0.3) is 5.91 Å².